The number of rotatable bonds is 5. The fraction of sp³-hybridized carbons (Fsp3) is 0.385. The Kier molecular flexibility index (Phi) is 4.49. The van der Waals surface area contributed by atoms with Gasteiger partial charge in [0, 0.05) is 18.9 Å². The van der Waals surface area contributed by atoms with E-state index in [-0.39, 0.29) is 0 Å². The summed E-state index contributed by atoms with van der Waals surface area (Å²) in [6.45, 7) is 6.17. The van der Waals surface area contributed by atoms with Crippen LogP contribution in [0.1, 0.15) is 19.5 Å². The molecule has 1 N–H and O–H groups in total. The van der Waals surface area contributed by atoms with Crippen molar-refractivity contribution in [2.45, 2.75) is 20.4 Å². The van der Waals surface area contributed by atoms with Crippen LogP contribution in [-0.4, -0.2) is 21.3 Å². The summed E-state index contributed by atoms with van der Waals surface area (Å²) >= 11 is 3.39. The van der Waals surface area contributed by atoms with Gasteiger partial charge < -0.3 is 5.32 Å². The smallest absolute Gasteiger partial charge is 0.0679 e. The topological polar surface area (TPSA) is 42.7 Å². The third-order valence-corrected chi connectivity index (χ3v) is 2.88. The third-order valence-electron chi connectivity index (χ3n) is 2.47. The highest BCUT2D eigenvalue weighted by atomic mass is 79.9. The number of halogens is 1. The van der Waals surface area contributed by atoms with Crippen LogP contribution in [0.5, 0.6) is 0 Å². The van der Waals surface area contributed by atoms with Gasteiger partial charge in [-0.2, -0.15) is 5.10 Å². The Labute approximate surface area is 116 Å². The first-order valence-electron chi connectivity index (χ1n) is 6.01. The molecule has 0 bridgehead atoms. The minimum absolute atomic E-state index is 0.648. The van der Waals surface area contributed by atoms with Gasteiger partial charge in [-0.3, -0.25) is 4.98 Å². The molecular weight excluding hydrogens is 292 g/mol. The Morgan fingerprint density at radius 1 is 1.44 bits per heavy atom. The fourth-order valence-corrected chi connectivity index (χ4v) is 1.92. The van der Waals surface area contributed by atoms with Crippen LogP contribution in [0.15, 0.2) is 35.2 Å². The standard InChI is InChI=1S/C13H17BrN4/c1-10(2)6-15-8-12-5-13(3-4-16-12)18-9-11(14)7-17-18/h3-5,7,9-10,15H,6,8H2,1-2H3. The van der Waals surface area contributed by atoms with Crippen LogP contribution in [0.2, 0.25) is 0 Å². The van der Waals surface area contributed by atoms with Crippen molar-refractivity contribution in [2.24, 2.45) is 5.92 Å². The zero-order chi connectivity index (χ0) is 13.0. The lowest BCUT2D eigenvalue weighted by molar-refractivity contribution is 0.548. The number of pyridine rings is 1. The molecule has 96 valence electrons. The summed E-state index contributed by atoms with van der Waals surface area (Å²) in [5, 5.41) is 7.64. The zero-order valence-corrected chi connectivity index (χ0v) is 12.2. The second-order valence-corrected chi connectivity index (χ2v) is 5.55. The molecule has 0 unspecified atom stereocenters. The van der Waals surface area contributed by atoms with Gasteiger partial charge in [0.25, 0.3) is 0 Å². The van der Waals surface area contributed by atoms with Crippen molar-refractivity contribution in [1.29, 1.82) is 0 Å². The highest BCUT2D eigenvalue weighted by Crippen LogP contribution is 2.12. The first kappa shape index (κ1) is 13.2. The molecule has 2 rings (SSSR count). The van der Waals surface area contributed by atoms with Crippen molar-refractivity contribution in [2.75, 3.05) is 6.54 Å². The molecule has 0 fully saturated rings. The average molecular weight is 309 g/mol. The van der Waals surface area contributed by atoms with Crippen LogP contribution in [-0.2, 0) is 6.54 Å². The summed E-state index contributed by atoms with van der Waals surface area (Å²) in [5.74, 6) is 0.648. The molecule has 0 saturated carbocycles. The van der Waals surface area contributed by atoms with Gasteiger partial charge in [-0.15, -0.1) is 0 Å². The van der Waals surface area contributed by atoms with Gasteiger partial charge in [0.2, 0.25) is 0 Å². The molecule has 0 radical (unpaired) electrons. The van der Waals surface area contributed by atoms with Gasteiger partial charge in [0.05, 0.1) is 22.1 Å². The summed E-state index contributed by atoms with van der Waals surface area (Å²) in [5.41, 5.74) is 2.05. The van der Waals surface area contributed by atoms with Crippen LogP contribution in [0, 0.1) is 5.92 Å². The van der Waals surface area contributed by atoms with E-state index in [0.29, 0.717) is 5.92 Å². The minimum Gasteiger partial charge on any atom is -0.311 e. The lowest BCUT2D eigenvalue weighted by atomic mass is 10.2. The van der Waals surface area contributed by atoms with Crippen molar-refractivity contribution >= 4 is 15.9 Å². The molecule has 2 heterocycles. The van der Waals surface area contributed by atoms with Gasteiger partial charge in [-0.25, -0.2) is 4.68 Å². The minimum atomic E-state index is 0.648. The molecule has 0 aromatic carbocycles. The van der Waals surface area contributed by atoms with Gasteiger partial charge in [-0.05, 0) is 40.5 Å². The van der Waals surface area contributed by atoms with Crippen molar-refractivity contribution < 1.29 is 0 Å². The predicted octanol–water partition coefficient (Wildman–Crippen LogP) is 2.78. The molecule has 4 nitrogen and oxygen atoms in total. The molecule has 0 saturated heterocycles. The van der Waals surface area contributed by atoms with Crippen molar-refractivity contribution in [3.05, 3.63) is 40.9 Å². The van der Waals surface area contributed by atoms with E-state index in [0.717, 1.165) is 28.9 Å². The largest absolute Gasteiger partial charge is 0.311 e. The molecule has 0 aliphatic rings. The van der Waals surface area contributed by atoms with E-state index < -0.39 is 0 Å². The summed E-state index contributed by atoms with van der Waals surface area (Å²) < 4.78 is 2.80. The summed E-state index contributed by atoms with van der Waals surface area (Å²) in [7, 11) is 0. The van der Waals surface area contributed by atoms with E-state index in [9.17, 15) is 0 Å². The maximum atomic E-state index is 4.35. The Morgan fingerprint density at radius 2 is 2.28 bits per heavy atom. The Balaban J connectivity index is 2.05. The lowest BCUT2D eigenvalue weighted by Crippen LogP contribution is -2.19. The normalized spacial score (nSPS) is 11.1. The second kappa shape index (κ2) is 6.11. The van der Waals surface area contributed by atoms with Crippen LogP contribution in [0.3, 0.4) is 0 Å². The number of hydrogen-bond donors (Lipinski definition) is 1. The Bertz CT molecular complexity index is 507. The second-order valence-electron chi connectivity index (χ2n) is 4.63. The quantitative estimate of drug-likeness (QED) is 0.923. The van der Waals surface area contributed by atoms with Crippen LogP contribution in [0.4, 0.5) is 0 Å². The van der Waals surface area contributed by atoms with E-state index in [1.54, 1.807) is 6.20 Å². The van der Waals surface area contributed by atoms with E-state index in [4.69, 9.17) is 0 Å². The molecule has 0 atom stereocenters. The maximum Gasteiger partial charge on any atom is 0.0679 e. The SMILES string of the molecule is CC(C)CNCc1cc(-n2cc(Br)cn2)ccn1. The van der Waals surface area contributed by atoms with E-state index in [2.05, 4.69) is 45.2 Å². The van der Waals surface area contributed by atoms with Crippen LogP contribution >= 0.6 is 15.9 Å². The van der Waals surface area contributed by atoms with Crippen LogP contribution in [0.25, 0.3) is 5.69 Å². The molecule has 0 aliphatic heterocycles. The van der Waals surface area contributed by atoms with Crippen molar-refractivity contribution in [1.82, 2.24) is 20.1 Å². The number of nitrogens with zero attached hydrogens (tertiary/aromatic N) is 3. The van der Waals surface area contributed by atoms with Crippen LogP contribution < -0.4 is 5.32 Å². The molecule has 2 aromatic rings. The fourth-order valence-electron chi connectivity index (χ4n) is 1.64. The Hall–Kier alpha value is -1.20. The molecule has 0 spiro atoms. The van der Waals surface area contributed by atoms with E-state index in [1.165, 1.54) is 0 Å². The number of hydrogen-bond acceptors (Lipinski definition) is 3. The van der Waals surface area contributed by atoms with Gasteiger partial charge in [-0.1, -0.05) is 13.8 Å². The highest BCUT2D eigenvalue weighted by Gasteiger charge is 2.02. The average Bonchev–Trinajstić information content (AvgIpc) is 2.76. The summed E-state index contributed by atoms with van der Waals surface area (Å²) in [6, 6.07) is 4.00. The van der Waals surface area contributed by atoms with Gasteiger partial charge >= 0.3 is 0 Å². The molecule has 0 aliphatic carbocycles. The van der Waals surface area contributed by atoms with Gasteiger partial charge in [0.15, 0.2) is 0 Å². The first-order chi connectivity index (χ1) is 8.65. The first-order valence-corrected chi connectivity index (χ1v) is 6.80. The molecule has 2 aromatic heterocycles. The predicted molar refractivity (Wildman–Crippen MR) is 75.6 cm³/mol. The number of nitrogens with one attached hydrogen (secondary N) is 1. The van der Waals surface area contributed by atoms with Gasteiger partial charge in [0.1, 0.15) is 0 Å². The summed E-state index contributed by atoms with van der Waals surface area (Å²) in [4.78, 5) is 4.35. The molecule has 5 heteroatoms. The lowest BCUT2D eigenvalue weighted by Gasteiger charge is -2.08. The summed E-state index contributed by atoms with van der Waals surface area (Å²) in [6.07, 6.45) is 5.52. The maximum absolute atomic E-state index is 4.35. The van der Waals surface area contributed by atoms with Crippen molar-refractivity contribution in [3.63, 3.8) is 0 Å². The van der Waals surface area contributed by atoms with Crippen molar-refractivity contribution in [3.8, 4) is 5.69 Å². The highest BCUT2D eigenvalue weighted by molar-refractivity contribution is 9.10. The monoisotopic (exact) mass is 308 g/mol. The Morgan fingerprint density at radius 3 is 2.94 bits per heavy atom. The molecular formula is C13H17BrN4. The van der Waals surface area contributed by atoms with E-state index in [1.807, 2.05) is 29.2 Å². The zero-order valence-electron chi connectivity index (χ0n) is 10.6. The van der Waals surface area contributed by atoms with E-state index >= 15 is 0 Å². The molecule has 0 amide bonds. The number of aromatic nitrogens is 3. The molecule has 18 heavy (non-hydrogen) atoms. The third kappa shape index (κ3) is 3.65.